The minimum Gasteiger partial charge on any atom is -0.506 e. The standard InChI is InChI=1S/C14H11ClFNO2/c1-8-4-9(6-10(16)5-8)14(19)17-11-2-3-13(18)12(15)7-11/h2-7,18H,1H3,(H,17,19). The third-order valence-corrected chi connectivity index (χ3v) is 2.81. The molecule has 0 heterocycles. The molecule has 0 radical (unpaired) electrons. The number of amides is 1. The van der Waals surface area contributed by atoms with E-state index in [1.54, 1.807) is 13.0 Å². The molecule has 19 heavy (non-hydrogen) atoms. The summed E-state index contributed by atoms with van der Waals surface area (Å²) >= 11 is 5.73. The number of carbonyl (C=O) groups is 1. The van der Waals surface area contributed by atoms with Gasteiger partial charge in [-0.15, -0.1) is 0 Å². The lowest BCUT2D eigenvalue weighted by molar-refractivity contribution is 0.102. The minimum atomic E-state index is -0.464. The quantitative estimate of drug-likeness (QED) is 0.823. The van der Waals surface area contributed by atoms with Gasteiger partial charge in [0.05, 0.1) is 5.02 Å². The van der Waals surface area contributed by atoms with E-state index in [0.29, 0.717) is 11.3 Å². The molecular weight excluding hydrogens is 269 g/mol. The fraction of sp³-hybridized carbons (Fsp3) is 0.0714. The largest absolute Gasteiger partial charge is 0.506 e. The van der Waals surface area contributed by atoms with Crippen molar-refractivity contribution in [3.8, 4) is 5.75 Å². The van der Waals surface area contributed by atoms with E-state index >= 15 is 0 Å². The van der Waals surface area contributed by atoms with Gasteiger partial charge in [-0.1, -0.05) is 11.6 Å². The number of benzene rings is 2. The Balaban J connectivity index is 2.22. The van der Waals surface area contributed by atoms with E-state index in [1.165, 1.54) is 24.3 Å². The van der Waals surface area contributed by atoms with E-state index < -0.39 is 11.7 Å². The van der Waals surface area contributed by atoms with Gasteiger partial charge in [-0.05, 0) is 48.9 Å². The summed E-state index contributed by atoms with van der Waals surface area (Å²) in [5, 5.41) is 12.0. The summed E-state index contributed by atoms with van der Waals surface area (Å²) in [5.74, 6) is -0.973. The van der Waals surface area contributed by atoms with Gasteiger partial charge in [0.25, 0.3) is 5.91 Å². The van der Waals surface area contributed by atoms with Gasteiger partial charge < -0.3 is 10.4 Å². The second-order valence-electron chi connectivity index (χ2n) is 4.14. The van der Waals surface area contributed by atoms with Crippen LogP contribution in [0.25, 0.3) is 0 Å². The van der Waals surface area contributed by atoms with Crippen LogP contribution < -0.4 is 5.32 Å². The first-order valence-electron chi connectivity index (χ1n) is 5.53. The van der Waals surface area contributed by atoms with Gasteiger partial charge in [0.15, 0.2) is 0 Å². The normalized spacial score (nSPS) is 10.3. The van der Waals surface area contributed by atoms with Crippen LogP contribution in [0, 0.1) is 12.7 Å². The molecule has 2 aromatic rings. The van der Waals surface area contributed by atoms with E-state index in [0.717, 1.165) is 6.07 Å². The van der Waals surface area contributed by atoms with Gasteiger partial charge in [-0.25, -0.2) is 4.39 Å². The number of nitrogens with one attached hydrogen (secondary N) is 1. The second-order valence-corrected chi connectivity index (χ2v) is 4.54. The van der Waals surface area contributed by atoms with Crippen molar-refractivity contribution in [2.45, 2.75) is 6.92 Å². The third-order valence-electron chi connectivity index (χ3n) is 2.51. The summed E-state index contributed by atoms with van der Waals surface area (Å²) < 4.78 is 13.2. The first-order valence-corrected chi connectivity index (χ1v) is 5.90. The molecule has 3 nitrogen and oxygen atoms in total. The Morgan fingerprint density at radius 1 is 1.26 bits per heavy atom. The van der Waals surface area contributed by atoms with Crippen molar-refractivity contribution in [1.29, 1.82) is 0 Å². The first kappa shape index (κ1) is 13.4. The van der Waals surface area contributed by atoms with E-state index in [1.807, 2.05) is 0 Å². The average Bonchev–Trinajstić information content (AvgIpc) is 2.32. The predicted octanol–water partition coefficient (Wildman–Crippen LogP) is 3.75. The van der Waals surface area contributed by atoms with Crippen molar-refractivity contribution in [3.05, 3.63) is 58.4 Å². The Morgan fingerprint density at radius 3 is 2.63 bits per heavy atom. The van der Waals surface area contributed by atoms with Crippen molar-refractivity contribution in [2.75, 3.05) is 5.32 Å². The number of phenols is 1. The Labute approximate surface area is 114 Å². The lowest BCUT2D eigenvalue weighted by atomic mass is 10.1. The summed E-state index contributed by atoms with van der Waals surface area (Å²) in [7, 11) is 0. The molecule has 98 valence electrons. The molecule has 0 unspecified atom stereocenters. The highest BCUT2D eigenvalue weighted by Crippen LogP contribution is 2.26. The number of anilines is 1. The van der Waals surface area contributed by atoms with Crippen molar-refractivity contribution in [2.24, 2.45) is 0 Å². The molecule has 2 rings (SSSR count). The molecule has 0 fully saturated rings. The smallest absolute Gasteiger partial charge is 0.255 e. The molecule has 1 amide bonds. The number of rotatable bonds is 2. The van der Waals surface area contributed by atoms with Crippen LogP contribution in [0.3, 0.4) is 0 Å². The monoisotopic (exact) mass is 279 g/mol. The molecule has 0 spiro atoms. The van der Waals surface area contributed by atoms with Gasteiger partial charge in [-0.2, -0.15) is 0 Å². The van der Waals surface area contributed by atoms with E-state index in [4.69, 9.17) is 11.6 Å². The lowest BCUT2D eigenvalue weighted by Crippen LogP contribution is -2.12. The summed E-state index contributed by atoms with van der Waals surface area (Å²) in [6.45, 7) is 1.71. The van der Waals surface area contributed by atoms with Gasteiger partial charge in [0, 0.05) is 11.3 Å². The highest BCUT2D eigenvalue weighted by molar-refractivity contribution is 6.32. The van der Waals surface area contributed by atoms with E-state index in [9.17, 15) is 14.3 Å². The van der Waals surface area contributed by atoms with Crippen molar-refractivity contribution in [3.63, 3.8) is 0 Å². The predicted molar refractivity (Wildman–Crippen MR) is 72.2 cm³/mol. The number of aromatic hydroxyl groups is 1. The van der Waals surface area contributed by atoms with Crippen LogP contribution in [-0.4, -0.2) is 11.0 Å². The molecule has 0 aliphatic heterocycles. The van der Waals surface area contributed by atoms with E-state index in [2.05, 4.69) is 5.32 Å². The van der Waals surface area contributed by atoms with Crippen LogP contribution in [0.5, 0.6) is 5.75 Å². The number of carbonyl (C=O) groups excluding carboxylic acids is 1. The van der Waals surface area contributed by atoms with Gasteiger partial charge in [0.2, 0.25) is 0 Å². The first-order chi connectivity index (χ1) is 8.95. The lowest BCUT2D eigenvalue weighted by Gasteiger charge is -2.07. The Morgan fingerprint density at radius 2 is 2.00 bits per heavy atom. The highest BCUT2D eigenvalue weighted by atomic mass is 35.5. The third kappa shape index (κ3) is 3.23. The van der Waals surface area contributed by atoms with Gasteiger partial charge >= 0.3 is 0 Å². The molecule has 0 aliphatic carbocycles. The second kappa shape index (κ2) is 5.28. The Bertz CT molecular complexity index is 623. The zero-order chi connectivity index (χ0) is 14.0. The van der Waals surface area contributed by atoms with Gasteiger partial charge in [-0.3, -0.25) is 4.79 Å². The molecule has 0 saturated heterocycles. The molecule has 2 N–H and O–H groups in total. The minimum absolute atomic E-state index is 0.0683. The SMILES string of the molecule is Cc1cc(F)cc(C(=O)Nc2ccc(O)c(Cl)c2)c1. The maximum absolute atomic E-state index is 13.2. The summed E-state index contributed by atoms with van der Waals surface area (Å²) in [6.07, 6.45) is 0. The van der Waals surface area contributed by atoms with Crippen molar-refractivity contribution < 1.29 is 14.3 Å². The molecule has 0 saturated carbocycles. The molecule has 2 aromatic carbocycles. The van der Waals surface area contributed by atoms with Crippen LogP contribution in [-0.2, 0) is 0 Å². The Kier molecular flexibility index (Phi) is 3.71. The summed E-state index contributed by atoms with van der Waals surface area (Å²) in [5.41, 5.74) is 1.31. The summed E-state index contributed by atoms with van der Waals surface area (Å²) in [4.78, 5) is 11.9. The van der Waals surface area contributed by atoms with Crippen LogP contribution in [0.1, 0.15) is 15.9 Å². The van der Waals surface area contributed by atoms with Crippen LogP contribution >= 0.6 is 11.6 Å². The highest BCUT2D eigenvalue weighted by Gasteiger charge is 2.09. The van der Waals surface area contributed by atoms with Crippen LogP contribution in [0.4, 0.5) is 10.1 Å². The van der Waals surface area contributed by atoms with Crippen LogP contribution in [0.15, 0.2) is 36.4 Å². The molecular formula is C14H11ClFNO2. The van der Waals surface area contributed by atoms with Gasteiger partial charge in [0.1, 0.15) is 11.6 Å². The summed E-state index contributed by atoms with van der Waals surface area (Å²) in [6, 6.07) is 8.37. The average molecular weight is 280 g/mol. The number of halogens is 2. The fourth-order valence-corrected chi connectivity index (χ4v) is 1.84. The van der Waals surface area contributed by atoms with Crippen molar-refractivity contribution >= 4 is 23.2 Å². The fourth-order valence-electron chi connectivity index (χ4n) is 1.66. The number of hydrogen-bond donors (Lipinski definition) is 2. The van der Waals surface area contributed by atoms with Crippen LogP contribution in [0.2, 0.25) is 5.02 Å². The topological polar surface area (TPSA) is 49.3 Å². The molecule has 0 atom stereocenters. The molecule has 0 aliphatic rings. The number of aryl methyl sites for hydroxylation is 1. The van der Waals surface area contributed by atoms with Crippen molar-refractivity contribution in [1.82, 2.24) is 0 Å². The number of hydrogen-bond acceptors (Lipinski definition) is 2. The van der Waals surface area contributed by atoms with E-state index in [-0.39, 0.29) is 16.3 Å². The molecule has 0 aromatic heterocycles. The molecule has 5 heteroatoms. The molecule has 0 bridgehead atoms. The zero-order valence-electron chi connectivity index (χ0n) is 10.1. The maximum atomic E-state index is 13.2. The zero-order valence-corrected chi connectivity index (χ0v) is 10.8. The Hall–Kier alpha value is -2.07. The maximum Gasteiger partial charge on any atom is 0.255 e. The number of phenolic OH excluding ortho intramolecular Hbond substituents is 1.